The molecular weight excluding hydrogens is 284 g/mol. The van der Waals surface area contributed by atoms with Gasteiger partial charge >= 0.3 is 5.97 Å². The third-order valence-electron chi connectivity index (χ3n) is 5.87. The van der Waals surface area contributed by atoms with Crippen molar-refractivity contribution in [3.05, 3.63) is 35.4 Å². The number of carbonyl (C=O) groups excluding carboxylic acids is 1. The smallest absolute Gasteiger partial charge is 0.311 e. The Labute approximate surface area is 141 Å². The largest absolute Gasteiger partial charge is 0.469 e. The molecule has 3 atom stereocenters. The second-order valence-corrected chi connectivity index (χ2v) is 7.82. The molecule has 0 saturated heterocycles. The molecule has 0 N–H and O–H groups in total. The highest BCUT2D eigenvalue weighted by Gasteiger charge is 2.46. The Balaban J connectivity index is 2.12. The molecule has 2 heteroatoms. The van der Waals surface area contributed by atoms with E-state index in [1.165, 1.54) is 24.7 Å². The van der Waals surface area contributed by atoms with Crippen LogP contribution < -0.4 is 0 Å². The number of hydrogen-bond donors (Lipinski definition) is 0. The van der Waals surface area contributed by atoms with Gasteiger partial charge in [-0.25, -0.2) is 0 Å². The molecule has 1 aromatic rings. The summed E-state index contributed by atoms with van der Waals surface area (Å²) >= 11 is 0. The van der Waals surface area contributed by atoms with Gasteiger partial charge in [-0.15, -0.1) is 0 Å². The number of aryl methyl sites for hydroxylation is 1. The Bertz CT molecular complexity index is 534. The van der Waals surface area contributed by atoms with E-state index in [0.29, 0.717) is 17.8 Å². The van der Waals surface area contributed by atoms with E-state index in [4.69, 9.17) is 4.74 Å². The zero-order valence-electron chi connectivity index (χ0n) is 15.4. The van der Waals surface area contributed by atoms with Crippen molar-refractivity contribution in [3.63, 3.8) is 0 Å². The number of benzene rings is 1. The zero-order chi connectivity index (χ0) is 17.0. The molecule has 0 unspecified atom stereocenters. The van der Waals surface area contributed by atoms with Crippen LogP contribution in [0.4, 0.5) is 0 Å². The Kier molecular flexibility index (Phi) is 5.89. The summed E-state index contributed by atoms with van der Waals surface area (Å²) in [6.45, 7) is 8.88. The summed E-state index contributed by atoms with van der Waals surface area (Å²) in [5.41, 5.74) is 2.47. The molecule has 1 aliphatic rings. The van der Waals surface area contributed by atoms with Crippen LogP contribution in [0.25, 0.3) is 0 Å². The molecule has 2 nitrogen and oxygen atoms in total. The molecule has 0 aliphatic heterocycles. The lowest BCUT2D eigenvalue weighted by Crippen LogP contribution is -2.43. The van der Waals surface area contributed by atoms with Gasteiger partial charge in [-0.05, 0) is 55.1 Å². The van der Waals surface area contributed by atoms with Gasteiger partial charge in [0.25, 0.3) is 0 Å². The minimum Gasteiger partial charge on any atom is -0.469 e. The standard InChI is InChI=1S/C21H32O2/c1-15(2)18-10-6-9-17(14-18)11-12-19-16(3)8-7-13-21(19,4)20(22)23-5/h6,9-10,14-16,19H,7-8,11-13H2,1-5H3/t16-,19-,21+/m1/s1. The van der Waals surface area contributed by atoms with Crippen LogP contribution in [-0.2, 0) is 16.0 Å². The van der Waals surface area contributed by atoms with Crippen LogP contribution in [0.15, 0.2) is 24.3 Å². The van der Waals surface area contributed by atoms with Gasteiger partial charge in [0.05, 0.1) is 12.5 Å². The van der Waals surface area contributed by atoms with Gasteiger partial charge in [0.2, 0.25) is 0 Å². The van der Waals surface area contributed by atoms with Crippen molar-refractivity contribution in [2.45, 2.75) is 65.7 Å². The lowest BCUT2D eigenvalue weighted by molar-refractivity contribution is -0.159. The van der Waals surface area contributed by atoms with Crippen LogP contribution in [0.1, 0.15) is 70.4 Å². The SMILES string of the molecule is COC(=O)[C@@]1(C)CCC[C@@H](C)[C@H]1CCc1cccc(C(C)C)c1. The normalized spacial score (nSPS) is 27.9. The summed E-state index contributed by atoms with van der Waals surface area (Å²) in [5.74, 6) is 1.53. The van der Waals surface area contributed by atoms with Gasteiger partial charge in [-0.3, -0.25) is 4.79 Å². The highest BCUT2D eigenvalue weighted by Crippen LogP contribution is 2.47. The number of esters is 1. The molecule has 0 radical (unpaired) electrons. The van der Waals surface area contributed by atoms with Crippen molar-refractivity contribution < 1.29 is 9.53 Å². The van der Waals surface area contributed by atoms with Gasteiger partial charge < -0.3 is 4.74 Å². The predicted molar refractivity (Wildman–Crippen MR) is 95.5 cm³/mol. The summed E-state index contributed by atoms with van der Waals surface area (Å²) in [6, 6.07) is 8.91. The van der Waals surface area contributed by atoms with Crippen molar-refractivity contribution in [2.24, 2.45) is 17.3 Å². The first-order valence-electron chi connectivity index (χ1n) is 9.05. The third kappa shape index (κ3) is 3.97. The van der Waals surface area contributed by atoms with Crippen LogP contribution in [0, 0.1) is 17.3 Å². The lowest BCUT2D eigenvalue weighted by atomic mass is 9.61. The molecule has 0 bridgehead atoms. The molecule has 0 heterocycles. The monoisotopic (exact) mass is 316 g/mol. The predicted octanol–water partition coefficient (Wildman–Crippen LogP) is 5.36. The van der Waals surface area contributed by atoms with Crippen molar-refractivity contribution in [3.8, 4) is 0 Å². The Morgan fingerprint density at radius 3 is 2.78 bits per heavy atom. The van der Waals surface area contributed by atoms with E-state index in [-0.39, 0.29) is 11.4 Å². The molecular formula is C21H32O2. The fourth-order valence-electron chi connectivity index (χ4n) is 4.33. The van der Waals surface area contributed by atoms with Crippen LogP contribution >= 0.6 is 0 Å². The average Bonchev–Trinajstić information content (AvgIpc) is 2.53. The average molecular weight is 316 g/mol. The first-order chi connectivity index (χ1) is 10.9. The number of rotatable bonds is 5. The molecule has 128 valence electrons. The molecule has 0 aromatic heterocycles. The van der Waals surface area contributed by atoms with E-state index in [1.54, 1.807) is 0 Å². The van der Waals surface area contributed by atoms with E-state index in [0.717, 1.165) is 25.7 Å². The fourth-order valence-corrected chi connectivity index (χ4v) is 4.33. The minimum atomic E-state index is -0.317. The van der Waals surface area contributed by atoms with Crippen molar-refractivity contribution >= 4 is 5.97 Å². The van der Waals surface area contributed by atoms with Gasteiger partial charge in [-0.2, -0.15) is 0 Å². The van der Waals surface area contributed by atoms with E-state index in [9.17, 15) is 4.79 Å². The lowest BCUT2D eigenvalue weighted by Gasteiger charge is -2.43. The Morgan fingerprint density at radius 2 is 2.13 bits per heavy atom. The van der Waals surface area contributed by atoms with Crippen molar-refractivity contribution in [1.82, 2.24) is 0 Å². The molecule has 23 heavy (non-hydrogen) atoms. The van der Waals surface area contributed by atoms with E-state index < -0.39 is 0 Å². The summed E-state index contributed by atoms with van der Waals surface area (Å²) in [7, 11) is 1.52. The maximum absolute atomic E-state index is 12.4. The zero-order valence-corrected chi connectivity index (χ0v) is 15.4. The third-order valence-corrected chi connectivity index (χ3v) is 5.87. The molecule has 2 rings (SSSR count). The van der Waals surface area contributed by atoms with Crippen LogP contribution in [-0.4, -0.2) is 13.1 Å². The number of ether oxygens (including phenoxy) is 1. The van der Waals surface area contributed by atoms with E-state index in [1.807, 2.05) is 0 Å². The first kappa shape index (κ1) is 18.0. The Morgan fingerprint density at radius 1 is 1.39 bits per heavy atom. The van der Waals surface area contributed by atoms with Crippen molar-refractivity contribution in [2.75, 3.05) is 7.11 Å². The van der Waals surface area contributed by atoms with E-state index in [2.05, 4.69) is 52.0 Å². The highest BCUT2D eigenvalue weighted by molar-refractivity contribution is 5.76. The second kappa shape index (κ2) is 7.51. The minimum absolute atomic E-state index is 0.0232. The van der Waals surface area contributed by atoms with Gasteiger partial charge in [0.15, 0.2) is 0 Å². The highest BCUT2D eigenvalue weighted by atomic mass is 16.5. The molecule has 0 spiro atoms. The topological polar surface area (TPSA) is 26.3 Å². The number of carbonyl (C=O) groups is 1. The van der Waals surface area contributed by atoms with Gasteiger partial charge in [0, 0.05) is 0 Å². The maximum Gasteiger partial charge on any atom is 0.311 e. The quantitative estimate of drug-likeness (QED) is 0.684. The number of methoxy groups -OCH3 is 1. The fraction of sp³-hybridized carbons (Fsp3) is 0.667. The van der Waals surface area contributed by atoms with Crippen LogP contribution in [0.3, 0.4) is 0 Å². The summed E-state index contributed by atoms with van der Waals surface area (Å²) in [6.07, 6.45) is 5.42. The summed E-state index contributed by atoms with van der Waals surface area (Å²) in [4.78, 5) is 12.4. The van der Waals surface area contributed by atoms with Crippen LogP contribution in [0.5, 0.6) is 0 Å². The molecule has 1 aliphatic carbocycles. The van der Waals surface area contributed by atoms with Crippen LogP contribution in [0.2, 0.25) is 0 Å². The van der Waals surface area contributed by atoms with Crippen molar-refractivity contribution in [1.29, 1.82) is 0 Å². The summed E-state index contributed by atoms with van der Waals surface area (Å²) < 4.78 is 5.13. The molecule has 1 saturated carbocycles. The Hall–Kier alpha value is -1.31. The van der Waals surface area contributed by atoms with E-state index >= 15 is 0 Å². The molecule has 0 amide bonds. The molecule has 1 aromatic carbocycles. The van der Waals surface area contributed by atoms with Gasteiger partial charge in [0.1, 0.15) is 0 Å². The molecule has 1 fully saturated rings. The number of hydrogen-bond acceptors (Lipinski definition) is 2. The maximum atomic E-state index is 12.4. The van der Waals surface area contributed by atoms with Gasteiger partial charge in [-0.1, -0.05) is 57.9 Å². The first-order valence-corrected chi connectivity index (χ1v) is 9.05. The summed E-state index contributed by atoms with van der Waals surface area (Å²) in [5, 5.41) is 0. The second-order valence-electron chi connectivity index (χ2n) is 7.82.